The number of nitrogens with zero attached hydrogens (tertiary/aromatic N) is 1. The molecule has 1 atom stereocenters. The lowest BCUT2D eigenvalue weighted by molar-refractivity contribution is -0.384. The summed E-state index contributed by atoms with van der Waals surface area (Å²) in [6.07, 6.45) is 2.30. The first-order valence-electron chi connectivity index (χ1n) is 8.84. The Morgan fingerprint density at radius 3 is 2.64 bits per heavy atom. The molecule has 0 aliphatic heterocycles. The second kappa shape index (κ2) is 9.45. The van der Waals surface area contributed by atoms with Gasteiger partial charge in [0, 0.05) is 23.9 Å². The molecular formula is C21H22N2O5. The third-order valence-electron chi connectivity index (χ3n) is 4.14. The zero-order valence-corrected chi connectivity index (χ0v) is 16.0. The molecule has 28 heavy (non-hydrogen) atoms. The third-order valence-corrected chi connectivity index (χ3v) is 4.14. The fourth-order valence-corrected chi connectivity index (χ4v) is 2.60. The summed E-state index contributed by atoms with van der Waals surface area (Å²) in [5, 5.41) is 13.6. The summed E-state index contributed by atoms with van der Waals surface area (Å²) >= 11 is 0. The van der Waals surface area contributed by atoms with E-state index in [1.54, 1.807) is 6.07 Å². The molecule has 1 unspecified atom stereocenters. The highest BCUT2D eigenvalue weighted by atomic mass is 16.6. The van der Waals surface area contributed by atoms with Crippen molar-refractivity contribution in [1.82, 2.24) is 0 Å². The van der Waals surface area contributed by atoms with Gasteiger partial charge in [-0.2, -0.15) is 0 Å². The van der Waals surface area contributed by atoms with Crippen LogP contribution in [0.3, 0.4) is 0 Å². The van der Waals surface area contributed by atoms with E-state index in [0.29, 0.717) is 5.56 Å². The quantitative estimate of drug-likeness (QED) is 0.337. The fraction of sp³-hybridized carbons (Fsp3) is 0.238. The maximum Gasteiger partial charge on any atom is 0.331 e. The average molecular weight is 382 g/mol. The van der Waals surface area contributed by atoms with Gasteiger partial charge in [-0.05, 0) is 43.0 Å². The molecule has 0 bridgehead atoms. The van der Waals surface area contributed by atoms with Gasteiger partial charge >= 0.3 is 5.97 Å². The monoisotopic (exact) mass is 382 g/mol. The Balaban J connectivity index is 1.99. The van der Waals surface area contributed by atoms with E-state index >= 15 is 0 Å². The molecule has 2 rings (SSSR count). The van der Waals surface area contributed by atoms with E-state index in [9.17, 15) is 19.7 Å². The summed E-state index contributed by atoms with van der Waals surface area (Å²) in [6.45, 7) is 5.37. The van der Waals surface area contributed by atoms with Gasteiger partial charge in [0.1, 0.15) is 0 Å². The highest BCUT2D eigenvalue weighted by Crippen LogP contribution is 2.21. The van der Waals surface area contributed by atoms with E-state index < -0.39 is 22.9 Å². The van der Waals surface area contributed by atoms with Crippen LogP contribution in [-0.4, -0.2) is 22.9 Å². The van der Waals surface area contributed by atoms with Crippen molar-refractivity contribution in [3.63, 3.8) is 0 Å². The van der Waals surface area contributed by atoms with E-state index in [-0.39, 0.29) is 5.69 Å². The summed E-state index contributed by atoms with van der Waals surface area (Å²) < 4.78 is 5.13. The van der Waals surface area contributed by atoms with Crippen LogP contribution in [0.1, 0.15) is 30.5 Å². The molecule has 0 fully saturated rings. The van der Waals surface area contributed by atoms with Crippen molar-refractivity contribution in [3.05, 3.63) is 75.3 Å². The Labute approximate surface area is 163 Å². The van der Waals surface area contributed by atoms with Gasteiger partial charge in [-0.3, -0.25) is 14.9 Å². The maximum absolute atomic E-state index is 12.4. The Kier molecular flexibility index (Phi) is 7.03. The lowest BCUT2D eigenvalue weighted by Gasteiger charge is -2.16. The molecule has 146 valence electrons. The van der Waals surface area contributed by atoms with E-state index in [1.165, 1.54) is 31.2 Å². The molecule has 0 aliphatic carbocycles. The number of hydrogen-bond donors (Lipinski definition) is 1. The number of aryl methyl sites for hydroxylation is 2. The molecular weight excluding hydrogens is 360 g/mol. The SMILES string of the molecule is CCc1cccc(C)c1NC(=O)C(C)OC(=O)/C=C/c1cccc([N+](=O)[O-])c1. The first kappa shape index (κ1) is 20.8. The molecule has 7 heteroatoms. The molecule has 0 saturated heterocycles. The number of rotatable bonds is 7. The number of esters is 1. The van der Waals surface area contributed by atoms with Crippen molar-refractivity contribution >= 4 is 29.3 Å². The van der Waals surface area contributed by atoms with Gasteiger partial charge in [0.25, 0.3) is 11.6 Å². The number of benzene rings is 2. The molecule has 1 amide bonds. The smallest absolute Gasteiger partial charge is 0.331 e. The van der Waals surface area contributed by atoms with Crippen molar-refractivity contribution < 1.29 is 19.2 Å². The number of carbonyl (C=O) groups excluding carboxylic acids is 2. The molecule has 1 N–H and O–H groups in total. The van der Waals surface area contributed by atoms with Crippen LogP contribution in [0.25, 0.3) is 6.08 Å². The normalized spacial score (nSPS) is 11.8. The minimum atomic E-state index is -0.994. The van der Waals surface area contributed by atoms with Gasteiger partial charge in [-0.15, -0.1) is 0 Å². The number of nitro benzene ring substituents is 1. The minimum absolute atomic E-state index is 0.0757. The van der Waals surface area contributed by atoms with Crippen LogP contribution in [0.2, 0.25) is 0 Å². The van der Waals surface area contributed by atoms with Crippen molar-refractivity contribution in [1.29, 1.82) is 0 Å². The number of anilines is 1. The molecule has 7 nitrogen and oxygen atoms in total. The van der Waals surface area contributed by atoms with Crippen molar-refractivity contribution in [3.8, 4) is 0 Å². The van der Waals surface area contributed by atoms with Crippen molar-refractivity contribution in [2.45, 2.75) is 33.3 Å². The molecule has 0 heterocycles. The molecule has 0 saturated carbocycles. The molecule has 2 aromatic rings. The predicted molar refractivity (Wildman–Crippen MR) is 107 cm³/mol. The number of nitro groups is 1. The number of hydrogen-bond acceptors (Lipinski definition) is 5. The number of non-ortho nitro benzene ring substituents is 1. The second-order valence-corrected chi connectivity index (χ2v) is 6.22. The number of carbonyl (C=O) groups is 2. The van der Waals surface area contributed by atoms with Gasteiger partial charge in [-0.1, -0.05) is 37.3 Å². The second-order valence-electron chi connectivity index (χ2n) is 6.22. The molecule has 2 aromatic carbocycles. The van der Waals surface area contributed by atoms with E-state index in [0.717, 1.165) is 29.3 Å². The first-order valence-corrected chi connectivity index (χ1v) is 8.84. The molecule has 0 aliphatic rings. The Hall–Kier alpha value is -3.48. The van der Waals surface area contributed by atoms with Gasteiger partial charge in [0.2, 0.25) is 0 Å². The van der Waals surface area contributed by atoms with Gasteiger partial charge < -0.3 is 10.1 Å². The lowest BCUT2D eigenvalue weighted by Crippen LogP contribution is -2.30. The van der Waals surface area contributed by atoms with Gasteiger partial charge in [-0.25, -0.2) is 4.79 Å². The summed E-state index contributed by atoms with van der Waals surface area (Å²) in [7, 11) is 0. The van der Waals surface area contributed by atoms with E-state index in [1.807, 2.05) is 32.0 Å². The highest BCUT2D eigenvalue weighted by Gasteiger charge is 2.18. The number of ether oxygens (including phenoxy) is 1. The summed E-state index contributed by atoms with van der Waals surface area (Å²) in [5.41, 5.74) is 3.06. The van der Waals surface area contributed by atoms with Crippen LogP contribution in [-0.2, 0) is 20.7 Å². The van der Waals surface area contributed by atoms with Crippen LogP contribution in [0.4, 0.5) is 11.4 Å². The van der Waals surface area contributed by atoms with Crippen LogP contribution in [0.15, 0.2) is 48.5 Å². The van der Waals surface area contributed by atoms with E-state index in [4.69, 9.17) is 4.74 Å². The minimum Gasteiger partial charge on any atom is -0.449 e. The zero-order valence-electron chi connectivity index (χ0n) is 16.0. The number of amides is 1. The van der Waals surface area contributed by atoms with Crippen LogP contribution < -0.4 is 5.32 Å². The lowest BCUT2D eigenvalue weighted by atomic mass is 10.1. The Morgan fingerprint density at radius 2 is 1.96 bits per heavy atom. The van der Waals surface area contributed by atoms with Crippen molar-refractivity contribution in [2.75, 3.05) is 5.32 Å². The Morgan fingerprint density at radius 1 is 1.25 bits per heavy atom. The van der Waals surface area contributed by atoms with Crippen LogP contribution in [0, 0.1) is 17.0 Å². The number of nitrogens with one attached hydrogen (secondary N) is 1. The number of para-hydroxylation sites is 1. The Bertz CT molecular complexity index is 921. The highest BCUT2D eigenvalue weighted by molar-refractivity contribution is 5.97. The molecule has 0 radical (unpaired) electrons. The van der Waals surface area contributed by atoms with Crippen LogP contribution >= 0.6 is 0 Å². The maximum atomic E-state index is 12.4. The molecule has 0 spiro atoms. The van der Waals surface area contributed by atoms with Crippen LogP contribution in [0.5, 0.6) is 0 Å². The molecule has 0 aromatic heterocycles. The third kappa shape index (κ3) is 5.51. The largest absolute Gasteiger partial charge is 0.449 e. The summed E-state index contributed by atoms with van der Waals surface area (Å²) in [5.74, 6) is -1.14. The first-order chi connectivity index (χ1) is 13.3. The summed E-state index contributed by atoms with van der Waals surface area (Å²) in [6, 6.07) is 11.6. The topological polar surface area (TPSA) is 98.5 Å². The average Bonchev–Trinajstić information content (AvgIpc) is 2.68. The zero-order chi connectivity index (χ0) is 20.7. The predicted octanol–water partition coefficient (Wildman–Crippen LogP) is 4.05. The summed E-state index contributed by atoms with van der Waals surface area (Å²) in [4.78, 5) is 34.6. The van der Waals surface area contributed by atoms with E-state index in [2.05, 4.69) is 5.32 Å². The standard InChI is InChI=1S/C21H22N2O5/c1-4-17-9-5-7-14(2)20(17)22-21(25)15(3)28-19(24)12-11-16-8-6-10-18(13-16)23(26)27/h5-13,15H,4H2,1-3H3,(H,22,25)/b12-11+. The van der Waals surface area contributed by atoms with Gasteiger partial charge in [0.05, 0.1) is 4.92 Å². The van der Waals surface area contributed by atoms with Crippen molar-refractivity contribution in [2.24, 2.45) is 0 Å². The van der Waals surface area contributed by atoms with Gasteiger partial charge in [0.15, 0.2) is 6.10 Å². The fourth-order valence-electron chi connectivity index (χ4n) is 2.60.